The van der Waals surface area contributed by atoms with Gasteiger partial charge in [0.05, 0.1) is 16.2 Å². The summed E-state index contributed by atoms with van der Waals surface area (Å²) in [6.07, 6.45) is 0. The molecule has 0 unspecified atom stereocenters. The summed E-state index contributed by atoms with van der Waals surface area (Å²) in [5, 5.41) is 18.3. The molecule has 4 aromatic rings. The van der Waals surface area contributed by atoms with Crippen LogP contribution in [0.15, 0.2) is 89.8 Å². The molecule has 0 atom stereocenters. The van der Waals surface area contributed by atoms with Crippen LogP contribution in [0.3, 0.4) is 0 Å². The van der Waals surface area contributed by atoms with E-state index >= 15 is 0 Å². The minimum absolute atomic E-state index is 0.0713. The molecular weight excluding hydrogens is 532 g/mol. The molecule has 3 aromatic carbocycles. The Morgan fingerprint density at radius 1 is 0.872 bits per heavy atom. The molecule has 0 radical (unpaired) electrons. The summed E-state index contributed by atoms with van der Waals surface area (Å²) in [7, 11) is 0. The van der Waals surface area contributed by atoms with Crippen LogP contribution in [0.1, 0.15) is 20.8 Å². The van der Waals surface area contributed by atoms with Gasteiger partial charge in [0.15, 0.2) is 6.61 Å². The fraction of sp³-hybridized carbons (Fsp3) is 0.103. The number of thioether (sulfide) groups is 1. The van der Waals surface area contributed by atoms with Gasteiger partial charge in [-0.25, -0.2) is 0 Å². The van der Waals surface area contributed by atoms with Gasteiger partial charge in [-0.3, -0.25) is 14.4 Å². The van der Waals surface area contributed by atoms with Gasteiger partial charge in [0.2, 0.25) is 5.91 Å². The van der Waals surface area contributed by atoms with Gasteiger partial charge in [-0.05, 0) is 55.0 Å². The number of benzene rings is 3. The lowest BCUT2D eigenvalue weighted by Gasteiger charge is -2.09. The smallest absolute Gasteiger partial charge is 0.266 e. The molecule has 10 heteroatoms. The molecule has 0 aliphatic heterocycles. The molecule has 0 saturated carbocycles. The van der Waals surface area contributed by atoms with Gasteiger partial charge in [0, 0.05) is 16.3 Å². The van der Waals surface area contributed by atoms with E-state index in [2.05, 4.69) is 22.0 Å². The van der Waals surface area contributed by atoms with Crippen molar-refractivity contribution in [3.63, 3.8) is 0 Å². The van der Waals surface area contributed by atoms with Crippen LogP contribution in [-0.4, -0.2) is 30.1 Å². The number of carbonyl (C=O) groups is 3. The molecule has 8 nitrogen and oxygen atoms in total. The lowest BCUT2D eigenvalue weighted by Crippen LogP contribution is -2.20. The number of carbonyl (C=O) groups excluding carboxylic acids is 3. The third kappa shape index (κ3) is 7.70. The minimum Gasteiger partial charge on any atom is -0.484 e. The van der Waals surface area contributed by atoms with Gasteiger partial charge in [-0.1, -0.05) is 42.5 Å². The van der Waals surface area contributed by atoms with E-state index in [9.17, 15) is 19.6 Å². The van der Waals surface area contributed by atoms with E-state index in [1.807, 2.05) is 42.5 Å². The fourth-order valence-electron chi connectivity index (χ4n) is 3.50. The SMILES string of the molecule is Cc1c(C(=O)Nc2ccccc2)sc(NC(=O)CSc2cccc(NC(=O)COc3ccccc3)c2)c1C#N. The van der Waals surface area contributed by atoms with Crippen LogP contribution in [0.5, 0.6) is 5.75 Å². The van der Waals surface area contributed by atoms with Gasteiger partial charge in [-0.15, -0.1) is 23.1 Å². The van der Waals surface area contributed by atoms with Gasteiger partial charge in [-0.2, -0.15) is 5.26 Å². The highest BCUT2D eigenvalue weighted by Crippen LogP contribution is 2.33. The molecule has 0 spiro atoms. The maximum Gasteiger partial charge on any atom is 0.266 e. The van der Waals surface area contributed by atoms with Crippen molar-refractivity contribution < 1.29 is 19.1 Å². The lowest BCUT2D eigenvalue weighted by atomic mass is 10.1. The van der Waals surface area contributed by atoms with Gasteiger partial charge < -0.3 is 20.7 Å². The summed E-state index contributed by atoms with van der Waals surface area (Å²) < 4.78 is 5.46. The summed E-state index contributed by atoms with van der Waals surface area (Å²) in [6.45, 7) is 1.56. The zero-order valence-electron chi connectivity index (χ0n) is 20.9. The largest absolute Gasteiger partial charge is 0.484 e. The van der Waals surface area contributed by atoms with Crippen molar-refractivity contribution in [2.45, 2.75) is 11.8 Å². The second-order valence-electron chi connectivity index (χ2n) is 8.21. The first-order valence-corrected chi connectivity index (χ1v) is 13.6. The Kier molecular flexibility index (Phi) is 9.34. The zero-order chi connectivity index (χ0) is 27.6. The molecule has 0 aliphatic carbocycles. The highest BCUT2D eigenvalue weighted by molar-refractivity contribution is 8.00. The highest BCUT2D eigenvalue weighted by atomic mass is 32.2. The quantitative estimate of drug-likeness (QED) is 0.208. The molecule has 3 amide bonds. The van der Waals surface area contributed by atoms with Crippen molar-refractivity contribution in [2.24, 2.45) is 0 Å². The predicted octanol–water partition coefficient (Wildman–Crippen LogP) is 5.93. The average Bonchev–Trinajstić information content (AvgIpc) is 3.26. The third-order valence-corrected chi connectivity index (χ3v) is 7.55. The Bertz CT molecular complexity index is 1520. The number of rotatable bonds is 10. The van der Waals surface area contributed by atoms with Crippen molar-refractivity contribution in [2.75, 3.05) is 28.3 Å². The number of hydrogen-bond acceptors (Lipinski definition) is 7. The van der Waals surface area contributed by atoms with E-state index in [0.29, 0.717) is 32.6 Å². The molecule has 0 bridgehead atoms. The predicted molar refractivity (Wildman–Crippen MR) is 155 cm³/mol. The highest BCUT2D eigenvalue weighted by Gasteiger charge is 2.21. The summed E-state index contributed by atoms with van der Waals surface area (Å²) in [4.78, 5) is 38.8. The molecule has 1 heterocycles. The maximum atomic E-state index is 12.8. The van der Waals surface area contributed by atoms with E-state index in [1.54, 1.807) is 49.4 Å². The minimum atomic E-state index is -0.344. The average molecular weight is 557 g/mol. The molecule has 39 heavy (non-hydrogen) atoms. The number of amides is 3. The Morgan fingerprint density at radius 2 is 1.56 bits per heavy atom. The standard InChI is InChI=1S/C29H24N4O4S2/c1-19-24(16-30)29(39-27(19)28(36)32-20-9-4-2-5-10-20)33-26(35)18-38-23-14-8-11-21(15-23)31-25(34)17-37-22-12-6-3-7-13-22/h2-15H,17-18H2,1H3,(H,31,34)(H,32,36)(H,33,35). The Balaban J connectivity index is 1.32. The topological polar surface area (TPSA) is 120 Å². The van der Waals surface area contributed by atoms with Gasteiger partial charge in [0.25, 0.3) is 11.8 Å². The van der Waals surface area contributed by atoms with Crippen LogP contribution < -0.4 is 20.7 Å². The van der Waals surface area contributed by atoms with E-state index in [-0.39, 0.29) is 35.6 Å². The third-order valence-electron chi connectivity index (χ3n) is 5.35. The summed E-state index contributed by atoms with van der Waals surface area (Å²) in [6, 6.07) is 27.3. The first kappa shape index (κ1) is 27.4. The van der Waals surface area contributed by atoms with E-state index in [1.165, 1.54) is 11.8 Å². The molecule has 1 aromatic heterocycles. The van der Waals surface area contributed by atoms with Crippen molar-refractivity contribution in [3.05, 3.63) is 101 Å². The fourth-order valence-corrected chi connectivity index (χ4v) is 5.32. The van der Waals surface area contributed by atoms with Crippen molar-refractivity contribution in [1.29, 1.82) is 5.26 Å². The number of para-hydroxylation sites is 2. The molecule has 4 rings (SSSR count). The van der Waals surface area contributed by atoms with Gasteiger partial charge >= 0.3 is 0 Å². The molecule has 0 aliphatic rings. The lowest BCUT2D eigenvalue weighted by molar-refractivity contribution is -0.118. The molecular formula is C29H24N4O4S2. The van der Waals surface area contributed by atoms with Crippen LogP contribution in [0.25, 0.3) is 0 Å². The summed E-state index contributed by atoms with van der Waals surface area (Å²) >= 11 is 2.34. The van der Waals surface area contributed by atoms with E-state index in [0.717, 1.165) is 16.2 Å². The van der Waals surface area contributed by atoms with Crippen LogP contribution >= 0.6 is 23.1 Å². The number of nitriles is 1. The molecule has 0 saturated heterocycles. The summed E-state index contributed by atoms with van der Waals surface area (Å²) in [5.41, 5.74) is 1.99. The van der Waals surface area contributed by atoms with Crippen molar-refractivity contribution in [3.8, 4) is 11.8 Å². The van der Waals surface area contributed by atoms with Crippen LogP contribution in [0, 0.1) is 18.3 Å². The first-order chi connectivity index (χ1) is 18.9. The van der Waals surface area contributed by atoms with Crippen LogP contribution in [0.4, 0.5) is 16.4 Å². The Hall–Kier alpha value is -4.59. The van der Waals surface area contributed by atoms with Crippen molar-refractivity contribution in [1.82, 2.24) is 0 Å². The van der Waals surface area contributed by atoms with Crippen molar-refractivity contribution >= 4 is 57.2 Å². The number of hydrogen-bond donors (Lipinski definition) is 3. The number of anilines is 3. The summed E-state index contributed by atoms with van der Waals surface area (Å²) in [5.74, 6) is -0.293. The maximum absolute atomic E-state index is 12.8. The second kappa shape index (κ2) is 13.3. The molecule has 3 N–H and O–H groups in total. The number of thiophene rings is 1. The van der Waals surface area contributed by atoms with E-state index < -0.39 is 0 Å². The number of nitrogens with zero attached hydrogens (tertiary/aromatic N) is 1. The number of nitrogens with one attached hydrogen (secondary N) is 3. The number of ether oxygens (including phenoxy) is 1. The zero-order valence-corrected chi connectivity index (χ0v) is 22.5. The Labute approximate surface area is 234 Å². The second-order valence-corrected chi connectivity index (χ2v) is 10.3. The van der Waals surface area contributed by atoms with Crippen LogP contribution in [-0.2, 0) is 9.59 Å². The normalized spacial score (nSPS) is 10.3. The molecule has 0 fully saturated rings. The van der Waals surface area contributed by atoms with E-state index in [4.69, 9.17) is 4.74 Å². The van der Waals surface area contributed by atoms with Crippen LogP contribution in [0.2, 0.25) is 0 Å². The molecule has 196 valence electrons. The Morgan fingerprint density at radius 3 is 2.28 bits per heavy atom. The monoisotopic (exact) mass is 556 g/mol. The van der Waals surface area contributed by atoms with Gasteiger partial charge in [0.1, 0.15) is 16.8 Å². The first-order valence-electron chi connectivity index (χ1n) is 11.8.